The number of nitrogens with zero attached hydrogens (tertiary/aromatic N) is 2. The number of amides is 1. The van der Waals surface area contributed by atoms with E-state index >= 15 is 0 Å². The maximum atomic E-state index is 12.2. The molecule has 2 rings (SSSR count). The largest absolute Gasteiger partial charge is 0.317 e. The SMILES string of the molecule is CC(C)Cn1ccnc1NC(=O)c1csc(Br)c1Br. The normalized spacial score (nSPS) is 11.0. The molecule has 0 aliphatic carbocycles. The van der Waals surface area contributed by atoms with Gasteiger partial charge in [0.05, 0.1) is 13.8 Å². The van der Waals surface area contributed by atoms with E-state index in [1.165, 1.54) is 11.3 Å². The molecule has 0 fully saturated rings. The highest BCUT2D eigenvalue weighted by Gasteiger charge is 2.16. The second-order valence-corrected chi connectivity index (χ2v) is 7.48. The van der Waals surface area contributed by atoms with Gasteiger partial charge in [-0.25, -0.2) is 4.98 Å². The maximum absolute atomic E-state index is 12.2. The van der Waals surface area contributed by atoms with Crippen LogP contribution in [0.25, 0.3) is 0 Å². The van der Waals surface area contributed by atoms with Crippen molar-refractivity contribution >= 4 is 55.1 Å². The van der Waals surface area contributed by atoms with E-state index < -0.39 is 0 Å². The first-order valence-electron chi connectivity index (χ1n) is 5.74. The number of carbonyl (C=O) groups is 1. The number of hydrogen-bond donors (Lipinski definition) is 1. The molecule has 0 spiro atoms. The third-order valence-corrected chi connectivity index (χ3v) is 5.78. The molecule has 19 heavy (non-hydrogen) atoms. The predicted molar refractivity (Wildman–Crippen MR) is 84.7 cm³/mol. The molecule has 1 N–H and O–H groups in total. The summed E-state index contributed by atoms with van der Waals surface area (Å²) < 4.78 is 3.62. The molecule has 2 heterocycles. The summed E-state index contributed by atoms with van der Waals surface area (Å²) in [6, 6.07) is 0. The minimum atomic E-state index is -0.162. The van der Waals surface area contributed by atoms with E-state index in [1.807, 2.05) is 10.8 Å². The van der Waals surface area contributed by atoms with Crippen LogP contribution in [0, 0.1) is 5.92 Å². The first kappa shape index (κ1) is 14.7. The van der Waals surface area contributed by atoms with Gasteiger partial charge in [0.25, 0.3) is 5.91 Å². The standard InChI is InChI=1S/C12H13Br2N3OS/c1-7(2)5-17-4-3-15-12(17)16-11(18)8-6-19-10(14)9(8)13/h3-4,6-7H,5H2,1-2H3,(H,15,16,18). The maximum Gasteiger partial charge on any atom is 0.260 e. The average Bonchev–Trinajstić information content (AvgIpc) is 2.88. The topological polar surface area (TPSA) is 46.9 Å². The Hall–Kier alpha value is -0.660. The number of rotatable bonds is 4. The van der Waals surface area contributed by atoms with Crippen LogP contribution in [0.1, 0.15) is 24.2 Å². The van der Waals surface area contributed by atoms with Gasteiger partial charge in [-0.3, -0.25) is 10.1 Å². The summed E-state index contributed by atoms with van der Waals surface area (Å²) in [6.07, 6.45) is 3.56. The summed E-state index contributed by atoms with van der Waals surface area (Å²) >= 11 is 8.24. The van der Waals surface area contributed by atoms with Gasteiger partial charge in [-0.2, -0.15) is 0 Å². The quantitative estimate of drug-likeness (QED) is 0.818. The second kappa shape index (κ2) is 6.19. The molecular formula is C12H13Br2N3OS. The highest BCUT2D eigenvalue weighted by atomic mass is 79.9. The molecule has 1 amide bonds. The highest BCUT2D eigenvalue weighted by molar-refractivity contribution is 9.13. The van der Waals surface area contributed by atoms with Crippen molar-refractivity contribution in [2.45, 2.75) is 20.4 Å². The lowest BCUT2D eigenvalue weighted by Crippen LogP contribution is -2.16. The van der Waals surface area contributed by atoms with Crippen molar-refractivity contribution in [3.63, 3.8) is 0 Å². The van der Waals surface area contributed by atoms with Gasteiger partial charge in [0.1, 0.15) is 0 Å². The van der Waals surface area contributed by atoms with Gasteiger partial charge in [0.2, 0.25) is 5.95 Å². The van der Waals surface area contributed by atoms with Crippen LogP contribution < -0.4 is 5.32 Å². The van der Waals surface area contributed by atoms with Crippen molar-refractivity contribution in [2.75, 3.05) is 5.32 Å². The fourth-order valence-electron chi connectivity index (χ4n) is 1.62. The molecule has 2 aromatic heterocycles. The fraction of sp³-hybridized carbons (Fsp3) is 0.333. The van der Waals surface area contributed by atoms with Crippen LogP contribution in [0.5, 0.6) is 0 Å². The number of carbonyl (C=O) groups excluding carboxylic acids is 1. The summed E-state index contributed by atoms with van der Waals surface area (Å²) in [5.41, 5.74) is 0.607. The Kier molecular flexibility index (Phi) is 4.81. The minimum absolute atomic E-state index is 0.162. The molecule has 4 nitrogen and oxygen atoms in total. The van der Waals surface area contributed by atoms with E-state index in [9.17, 15) is 4.79 Å². The van der Waals surface area contributed by atoms with E-state index in [1.54, 1.807) is 11.6 Å². The van der Waals surface area contributed by atoms with Crippen molar-refractivity contribution in [2.24, 2.45) is 5.92 Å². The van der Waals surface area contributed by atoms with Crippen LogP contribution >= 0.6 is 43.2 Å². The van der Waals surface area contributed by atoms with Gasteiger partial charge in [0, 0.05) is 24.3 Å². The van der Waals surface area contributed by atoms with Crippen molar-refractivity contribution < 1.29 is 4.79 Å². The molecule has 0 saturated carbocycles. The summed E-state index contributed by atoms with van der Waals surface area (Å²) in [5, 5.41) is 4.64. The average molecular weight is 407 g/mol. The number of halogens is 2. The molecule has 0 saturated heterocycles. The number of thiophene rings is 1. The van der Waals surface area contributed by atoms with Crippen molar-refractivity contribution in [3.05, 3.63) is 31.6 Å². The third kappa shape index (κ3) is 3.46. The van der Waals surface area contributed by atoms with Crippen LogP contribution in [-0.4, -0.2) is 15.5 Å². The zero-order valence-corrected chi connectivity index (χ0v) is 14.5. The molecule has 2 aromatic rings. The Bertz CT molecular complexity index is 592. The summed E-state index contributed by atoms with van der Waals surface area (Å²) in [5.74, 6) is 0.907. The van der Waals surface area contributed by atoms with E-state index in [0.29, 0.717) is 17.4 Å². The molecule has 0 atom stereocenters. The number of anilines is 1. The fourth-order valence-corrected chi connectivity index (χ4v) is 3.50. The Balaban J connectivity index is 2.15. The Labute approximate surface area is 132 Å². The van der Waals surface area contributed by atoms with Crippen molar-refractivity contribution in [1.29, 1.82) is 0 Å². The molecule has 102 valence electrons. The van der Waals surface area contributed by atoms with E-state index in [2.05, 4.69) is 56.0 Å². The molecule has 0 unspecified atom stereocenters. The first-order chi connectivity index (χ1) is 8.99. The lowest BCUT2D eigenvalue weighted by atomic mass is 10.2. The van der Waals surface area contributed by atoms with Gasteiger partial charge in [-0.15, -0.1) is 11.3 Å². The molecule has 0 aliphatic heterocycles. The van der Waals surface area contributed by atoms with Crippen molar-refractivity contribution in [1.82, 2.24) is 9.55 Å². The second-order valence-electron chi connectivity index (χ2n) is 4.49. The molecule has 0 aromatic carbocycles. The van der Waals surface area contributed by atoms with Crippen LogP contribution in [-0.2, 0) is 6.54 Å². The highest BCUT2D eigenvalue weighted by Crippen LogP contribution is 2.33. The zero-order chi connectivity index (χ0) is 14.0. The monoisotopic (exact) mass is 405 g/mol. The lowest BCUT2D eigenvalue weighted by molar-refractivity contribution is 0.102. The lowest BCUT2D eigenvalue weighted by Gasteiger charge is -2.10. The predicted octanol–water partition coefficient (Wildman–Crippen LogP) is 4.38. The first-order valence-corrected chi connectivity index (χ1v) is 8.20. The molecule has 0 aliphatic rings. The molecule has 0 radical (unpaired) electrons. The smallest absolute Gasteiger partial charge is 0.260 e. The van der Waals surface area contributed by atoms with Gasteiger partial charge in [-0.05, 0) is 37.8 Å². The van der Waals surface area contributed by atoms with Crippen LogP contribution in [0.15, 0.2) is 26.0 Å². The van der Waals surface area contributed by atoms with E-state index in [4.69, 9.17) is 0 Å². The van der Waals surface area contributed by atoms with Gasteiger partial charge >= 0.3 is 0 Å². The van der Waals surface area contributed by atoms with E-state index in [0.717, 1.165) is 14.8 Å². The summed E-state index contributed by atoms with van der Waals surface area (Å²) in [7, 11) is 0. The molecular weight excluding hydrogens is 394 g/mol. The van der Waals surface area contributed by atoms with Crippen LogP contribution in [0.4, 0.5) is 5.95 Å². The Morgan fingerprint density at radius 2 is 2.26 bits per heavy atom. The molecule has 7 heteroatoms. The number of hydrogen-bond acceptors (Lipinski definition) is 3. The zero-order valence-electron chi connectivity index (χ0n) is 10.5. The van der Waals surface area contributed by atoms with Crippen LogP contribution in [0.2, 0.25) is 0 Å². The minimum Gasteiger partial charge on any atom is -0.317 e. The number of nitrogens with one attached hydrogen (secondary N) is 1. The molecule has 0 bridgehead atoms. The van der Waals surface area contributed by atoms with Crippen molar-refractivity contribution in [3.8, 4) is 0 Å². The van der Waals surface area contributed by atoms with Gasteiger partial charge in [0.15, 0.2) is 0 Å². The number of aromatic nitrogens is 2. The van der Waals surface area contributed by atoms with Gasteiger partial charge < -0.3 is 4.57 Å². The summed E-state index contributed by atoms with van der Waals surface area (Å²) in [4.78, 5) is 16.4. The Morgan fingerprint density at radius 1 is 1.53 bits per heavy atom. The third-order valence-electron chi connectivity index (χ3n) is 2.44. The van der Waals surface area contributed by atoms with E-state index in [-0.39, 0.29) is 5.91 Å². The van der Waals surface area contributed by atoms with Crippen LogP contribution in [0.3, 0.4) is 0 Å². The number of imidazole rings is 1. The van der Waals surface area contributed by atoms with Gasteiger partial charge in [-0.1, -0.05) is 13.8 Å². The Morgan fingerprint density at radius 3 is 2.84 bits per heavy atom. The summed E-state index contributed by atoms with van der Waals surface area (Å²) in [6.45, 7) is 5.07.